The molecule has 0 radical (unpaired) electrons. The molecule has 1 N–H and O–H groups in total. The molecule has 0 aliphatic heterocycles. The van der Waals surface area contributed by atoms with E-state index in [0.29, 0.717) is 17.3 Å². The van der Waals surface area contributed by atoms with Gasteiger partial charge in [0.15, 0.2) is 0 Å². The van der Waals surface area contributed by atoms with E-state index < -0.39 is 0 Å². The Morgan fingerprint density at radius 1 is 1.16 bits per heavy atom. The van der Waals surface area contributed by atoms with Gasteiger partial charge in [-0.2, -0.15) is 16.3 Å². The number of hydrogen-bond donors (Lipinski definition) is 1. The third-order valence-corrected chi connectivity index (χ3v) is 3.77. The number of hydrogen-bond acceptors (Lipinski definition) is 5. The fourth-order valence-electron chi connectivity index (χ4n) is 1.85. The minimum atomic E-state index is 0.142. The summed E-state index contributed by atoms with van der Waals surface area (Å²) >= 11 is 1.60. The van der Waals surface area contributed by atoms with Gasteiger partial charge in [0.2, 0.25) is 5.82 Å². The Hall–Kier alpha value is -2.14. The van der Waals surface area contributed by atoms with Crippen molar-refractivity contribution in [3.8, 4) is 28.6 Å². The fraction of sp³-hybridized carbons (Fsp3) is 0.143. The third-order valence-electron chi connectivity index (χ3n) is 2.90. The lowest BCUT2D eigenvalue weighted by Crippen LogP contribution is -1.83. The number of benzene rings is 1. The Balaban J connectivity index is 2.06. The average Bonchev–Trinajstić information content (AvgIpc) is 3.00. The standard InChI is InChI=1S/C14H12N2O2S/c1-8-3-4-12(17)10(5-8)14-15-13(16-18-14)11-7-19-6-9(11)2/h3-7,17H,1-2H3. The summed E-state index contributed by atoms with van der Waals surface area (Å²) in [5, 5.41) is 17.9. The highest BCUT2D eigenvalue weighted by atomic mass is 32.1. The lowest BCUT2D eigenvalue weighted by Gasteiger charge is -1.99. The monoisotopic (exact) mass is 272 g/mol. The first-order chi connectivity index (χ1) is 9.15. The molecule has 0 fully saturated rings. The van der Waals surface area contributed by atoms with Crippen LogP contribution >= 0.6 is 11.3 Å². The van der Waals surface area contributed by atoms with E-state index in [1.54, 1.807) is 17.4 Å². The normalized spacial score (nSPS) is 10.8. The van der Waals surface area contributed by atoms with Gasteiger partial charge in [0, 0.05) is 10.9 Å². The maximum Gasteiger partial charge on any atom is 0.262 e. The average molecular weight is 272 g/mol. The molecule has 3 rings (SSSR count). The number of nitrogens with zero attached hydrogens (tertiary/aromatic N) is 2. The van der Waals surface area contributed by atoms with Gasteiger partial charge in [-0.25, -0.2) is 0 Å². The smallest absolute Gasteiger partial charge is 0.262 e. The molecule has 19 heavy (non-hydrogen) atoms. The van der Waals surface area contributed by atoms with Crippen LogP contribution in [-0.4, -0.2) is 15.2 Å². The van der Waals surface area contributed by atoms with Crippen LogP contribution in [0.2, 0.25) is 0 Å². The molecule has 0 saturated carbocycles. The van der Waals surface area contributed by atoms with Gasteiger partial charge in [-0.3, -0.25) is 0 Å². The van der Waals surface area contributed by atoms with Crippen LogP contribution in [0.3, 0.4) is 0 Å². The number of aromatic nitrogens is 2. The molecule has 5 heteroatoms. The highest BCUT2D eigenvalue weighted by Gasteiger charge is 2.15. The summed E-state index contributed by atoms with van der Waals surface area (Å²) in [4.78, 5) is 4.35. The molecule has 4 nitrogen and oxygen atoms in total. The molecule has 0 spiro atoms. The van der Waals surface area contributed by atoms with Crippen LogP contribution in [0, 0.1) is 13.8 Å². The Morgan fingerprint density at radius 3 is 2.74 bits per heavy atom. The molecule has 2 heterocycles. The summed E-state index contributed by atoms with van der Waals surface area (Å²) < 4.78 is 5.25. The minimum Gasteiger partial charge on any atom is -0.507 e. The van der Waals surface area contributed by atoms with Gasteiger partial charge in [0.25, 0.3) is 5.89 Å². The fourth-order valence-corrected chi connectivity index (χ4v) is 2.68. The molecular weight excluding hydrogens is 260 g/mol. The summed E-state index contributed by atoms with van der Waals surface area (Å²) in [6.45, 7) is 3.95. The maximum atomic E-state index is 9.86. The minimum absolute atomic E-state index is 0.142. The number of thiophene rings is 1. The van der Waals surface area contributed by atoms with E-state index in [0.717, 1.165) is 16.7 Å². The SMILES string of the molecule is Cc1ccc(O)c(-c2nc(-c3cscc3C)no2)c1. The predicted octanol–water partition coefficient (Wildman–Crippen LogP) is 3.79. The van der Waals surface area contributed by atoms with Crippen molar-refractivity contribution in [3.63, 3.8) is 0 Å². The van der Waals surface area contributed by atoms with Gasteiger partial charge in [0.1, 0.15) is 5.75 Å². The highest BCUT2D eigenvalue weighted by Crippen LogP contribution is 2.31. The Labute approximate surface area is 114 Å². The van der Waals surface area contributed by atoms with E-state index in [1.165, 1.54) is 0 Å². The molecule has 2 aromatic heterocycles. The molecule has 0 aliphatic carbocycles. The first-order valence-electron chi connectivity index (χ1n) is 5.82. The van der Waals surface area contributed by atoms with Gasteiger partial charge in [-0.15, -0.1) is 0 Å². The maximum absolute atomic E-state index is 9.86. The van der Waals surface area contributed by atoms with Crippen molar-refractivity contribution in [3.05, 3.63) is 40.1 Å². The second-order valence-corrected chi connectivity index (χ2v) is 5.16. The Morgan fingerprint density at radius 2 is 2.00 bits per heavy atom. The van der Waals surface area contributed by atoms with Crippen molar-refractivity contribution in [2.75, 3.05) is 0 Å². The molecular formula is C14H12N2O2S. The van der Waals surface area contributed by atoms with Crippen molar-refractivity contribution < 1.29 is 9.63 Å². The molecule has 3 aromatic rings. The van der Waals surface area contributed by atoms with E-state index in [9.17, 15) is 5.11 Å². The summed E-state index contributed by atoms with van der Waals surface area (Å²) in [6.07, 6.45) is 0. The molecule has 0 saturated heterocycles. The van der Waals surface area contributed by atoms with E-state index in [2.05, 4.69) is 10.1 Å². The van der Waals surface area contributed by atoms with E-state index in [-0.39, 0.29) is 5.75 Å². The largest absolute Gasteiger partial charge is 0.507 e. The van der Waals surface area contributed by atoms with E-state index >= 15 is 0 Å². The quantitative estimate of drug-likeness (QED) is 0.771. The predicted molar refractivity (Wildman–Crippen MR) is 74.2 cm³/mol. The summed E-state index contributed by atoms with van der Waals surface area (Å²) in [5.41, 5.74) is 3.67. The van der Waals surface area contributed by atoms with Crippen molar-refractivity contribution in [2.45, 2.75) is 13.8 Å². The number of phenols is 1. The lowest BCUT2D eigenvalue weighted by atomic mass is 10.1. The Kier molecular flexibility index (Phi) is 2.83. The third kappa shape index (κ3) is 2.13. The summed E-state index contributed by atoms with van der Waals surface area (Å²) in [5.74, 6) is 1.03. The highest BCUT2D eigenvalue weighted by molar-refractivity contribution is 7.08. The van der Waals surface area contributed by atoms with Crippen molar-refractivity contribution in [1.82, 2.24) is 10.1 Å². The van der Waals surface area contributed by atoms with E-state index in [1.807, 2.05) is 36.7 Å². The van der Waals surface area contributed by atoms with Crippen LogP contribution in [0.5, 0.6) is 5.75 Å². The Bertz CT molecular complexity index is 731. The second-order valence-electron chi connectivity index (χ2n) is 4.41. The van der Waals surface area contributed by atoms with Crippen LogP contribution in [0.25, 0.3) is 22.8 Å². The zero-order chi connectivity index (χ0) is 13.4. The van der Waals surface area contributed by atoms with Gasteiger partial charge in [-0.1, -0.05) is 16.8 Å². The van der Waals surface area contributed by atoms with Gasteiger partial charge in [0.05, 0.1) is 5.56 Å². The number of aryl methyl sites for hydroxylation is 2. The topological polar surface area (TPSA) is 59.2 Å². The zero-order valence-electron chi connectivity index (χ0n) is 10.5. The number of aromatic hydroxyl groups is 1. The molecule has 0 atom stereocenters. The van der Waals surface area contributed by atoms with Gasteiger partial charge < -0.3 is 9.63 Å². The van der Waals surface area contributed by atoms with Gasteiger partial charge >= 0.3 is 0 Å². The second kappa shape index (κ2) is 4.51. The van der Waals surface area contributed by atoms with Crippen LogP contribution in [0.1, 0.15) is 11.1 Å². The molecule has 96 valence electrons. The van der Waals surface area contributed by atoms with Crippen LogP contribution in [0.15, 0.2) is 33.5 Å². The molecule has 0 unspecified atom stereocenters. The summed E-state index contributed by atoms with van der Waals surface area (Å²) in [6, 6.07) is 5.29. The molecule has 0 bridgehead atoms. The van der Waals surface area contributed by atoms with Crippen LogP contribution < -0.4 is 0 Å². The number of rotatable bonds is 2. The lowest BCUT2D eigenvalue weighted by molar-refractivity contribution is 0.425. The van der Waals surface area contributed by atoms with Crippen molar-refractivity contribution in [2.24, 2.45) is 0 Å². The van der Waals surface area contributed by atoms with Crippen molar-refractivity contribution >= 4 is 11.3 Å². The molecule has 0 amide bonds. The zero-order valence-corrected chi connectivity index (χ0v) is 11.4. The van der Waals surface area contributed by atoms with Crippen molar-refractivity contribution in [1.29, 1.82) is 0 Å². The number of phenolic OH excluding ortho intramolecular Hbond substituents is 1. The first kappa shape index (κ1) is 11.9. The first-order valence-corrected chi connectivity index (χ1v) is 6.76. The summed E-state index contributed by atoms with van der Waals surface area (Å²) in [7, 11) is 0. The van der Waals surface area contributed by atoms with Crippen LogP contribution in [0.4, 0.5) is 0 Å². The van der Waals surface area contributed by atoms with Gasteiger partial charge in [-0.05, 0) is 36.9 Å². The molecule has 1 aromatic carbocycles. The van der Waals surface area contributed by atoms with E-state index in [4.69, 9.17) is 4.52 Å². The van der Waals surface area contributed by atoms with Crippen LogP contribution in [-0.2, 0) is 0 Å². The molecule has 0 aliphatic rings.